The monoisotopic (exact) mass is 311 g/mol. The van der Waals surface area contributed by atoms with E-state index in [1.165, 1.54) is 0 Å². The number of hydrogen-bond donors (Lipinski definition) is 1. The lowest BCUT2D eigenvalue weighted by Gasteiger charge is -2.07. The minimum Gasteiger partial charge on any atom is -0.321 e. The molecule has 0 aliphatic carbocycles. The van der Waals surface area contributed by atoms with Crippen molar-refractivity contribution >= 4 is 29.0 Å². The van der Waals surface area contributed by atoms with Crippen LogP contribution in [-0.4, -0.2) is 21.5 Å². The summed E-state index contributed by atoms with van der Waals surface area (Å²) >= 11 is 1.65. The zero-order valence-electron chi connectivity index (χ0n) is 12.8. The fraction of sp³-hybridized carbons (Fsp3) is 0.176. The van der Waals surface area contributed by atoms with Crippen molar-refractivity contribution in [3.8, 4) is 0 Å². The minimum atomic E-state index is -0.146. The van der Waals surface area contributed by atoms with Crippen LogP contribution in [0.15, 0.2) is 47.5 Å². The fourth-order valence-electron chi connectivity index (χ4n) is 2.43. The third kappa shape index (κ3) is 2.72. The number of rotatable bonds is 3. The lowest BCUT2D eigenvalue weighted by molar-refractivity contribution is 0.102. The number of carbonyl (C=O) groups excluding carboxylic acids is 1. The molecule has 2 heterocycles. The Balaban J connectivity index is 1.96. The zero-order chi connectivity index (χ0) is 15.7. The third-order valence-corrected chi connectivity index (χ3v) is 4.22. The average molecular weight is 311 g/mol. The highest BCUT2D eigenvalue weighted by Gasteiger charge is 2.16. The van der Waals surface area contributed by atoms with Gasteiger partial charge in [0.2, 0.25) is 0 Å². The smallest absolute Gasteiger partial charge is 0.274 e. The Labute approximate surface area is 133 Å². The van der Waals surface area contributed by atoms with Crippen LogP contribution in [0, 0.1) is 13.8 Å². The van der Waals surface area contributed by atoms with E-state index in [0.29, 0.717) is 5.69 Å². The molecule has 0 saturated heterocycles. The molecule has 1 N–H and O–H groups in total. The van der Waals surface area contributed by atoms with Gasteiger partial charge in [0.25, 0.3) is 5.91 Å². The van der Waals surface area contributed by atoms with E-state index in [-0.39, 0.29) is 5.91 Å². The van der Waals surface area contributed by atoms with Crippen molar-refractivity contribution < 1.29 is 4.79 Å². The molecule has 3 aromatic rings. The highest BCUT2D eigenvalue weighted by molar-refractivity contribution is 7.98. The molecule has 0 aliphatic heterocycles. The zero-order valence-corrected chi connectivity index (χ0v) is 13.6. The Bertz CT molecular complexity index is 854. The molecular formula is C17H17N3OS. The van der Waals surface area contributed by atoms with Crippen LogP contribution < -0.4 is 5.32 Å². The number of pyridine rings is 1. The molecule has 22 heavy (non-hydrogen) atoms. The minimum absolute atomic E-state index is 0.146. The van der Waals surface area contributed by atoms with Crippen molar-refractivity contribution in [2.24, 2.45) is 0 Å². The van der Waals surface area contributed by atoms with Crippen LogP contribution >= 0.6 is 11.8 Å². The number of hydrogen-bond acceptors (Lipinski definition) is 3. The van der Waals surface area contributed by atoms with E-state index < -0.39 is 0 Å². The summed E-state index contributed by atoms with van der Waals surface area (Å²) in [6.45, 7) is 3.87. The number of nitrogens with zero attached hydrogens (tertiary/aromatic N) is 2. The van der Waals surface area contributed by atoms with E-state index in [9.17, 15) is 4.79 Å². The first-order valence-corrected chi connectivity index (χ1v) is 8.21. The molecule has 1 amide bonds. The standard InChI is InChI=1S/C17H17N3OS/c1-11-7-8-20-15(9-11)18-12(2)16(20)17(21)19-13-5-4-6-14(10-13)22-3/h4-10H,1-3H3,(H,19,21). The number of imidazole rings is 1. The average Bonchev–Trinajstić information content (AvgIpc) is 2.82. The van der Waals surface area contributed by atoms with Gasteiger partial charge in [-0.25, -0.2) is 4.98 Å². The maximum atomic E-state index is 12.6. The molecule has 2 aromatic heterocycles. The number of benzene rings is 1. The van der Waals surface area contributed by atoms with Crippen LogP contribution in [-0.2, 0) is 0 Å². The molecule has 0 radical (unpaired) electrons. The summed E-state index contributed by atoms with van der Waals surface area (Å²) in [6.07, 6.45) is 3.90. The number of thioether (sulfide) groups is 1. The summed E-state index contributed by atoms with van der Waals surface area (Å²) in [5.41, 5.74) is 4.00. The maximum Gasteiger partial charge on any atom is 0.274 e. The summed E-state index contributed by atoms with van der Waals surface area (Å²) in [6, 6.07) is 11.7. The molecule has 4 nitrogen and oxygen atoms in total. The van der Waals surface area contributed by atoms with Gasteiger partial charge in [-0.15, -0.1) is 11.8 Å². The summed E-state index contributed by atoms with van der Waals surface area (Å²) in [4.78, 5) is 18.2. The molecule has 0 atom stereocenters. The van der Waals surface area contributed by atoms with Crippen molar-refractivity contribution in [1.29, 1.82) is 0 Å². The second-order valence-electron chi connectivity index (χ2n) is 5.16. The van der Waals surface area contributed by atoms with Crippen molar-refractivity contribution in [3.05, 3.63) is 59.5 Å². The van der Waals surface area contributed by atoms with Gasteiger partial charge in [-0.3, -0.25) is 9.20 Å². The van der Waals surface area contributed by atoms with Crippen molar-refractivity contribution in [2.45, 2.75) is 18.7 Å². The molecule has 0 spiro atoms. The summed E-state index contributed by atoms with van der Waals surface area (Å²) in [7, 11) is 0. The molecule has 0 bridgehead atoms. The number of fused-ring (bicyclic) bond motifs is 1. The van der Waals surface area contributed by atoms with Gasteiger partial charge >= 0.3 is 0 Å². The molecule has 0 aliphatic rings. The largest absolute Gasteiger partial charge is 0.321 e. The van der Waals surface area contributed by atoms with E-state index in [0.717, 1.165) is 27.5 Å². The lowest BCUT2D eigenvalue weighted by atomic mass is 10.2. The predicted molar refractivity (Wildman–Crippen MR) is 90.8 cm³/mol. The van der Waals surface area contributed by atoms with Gasteiger partial charge in [0, 0.05) is 16.8 Å². The molecule has 1 aromatic carbocycles. The number of nitrogens with one attached hydrogen (secondary N) is 1. The maximum absolute atomic E-state index is 12.6. The first-order chi connectivity index (χ1) is 10.6. The third-order valence-electron chi connectivity index (χ3n) is 3.50. The lowest BCUT2D eigenvalue weighted by Crippen LogP contribution is -2.15. The SMILES string of the molecule is CSc1cccc(NC(=O)c2c(C)nc3cc(C)ccn23)c1. The van der Waals surface area contributed by atoms with Gasteiger partial charge < -0.3 is 5.32 Å². The van der Waals surface area contributed by atoms with E-state index in [2.05, 4.69) is 10.3 Å². The topological polar surface area (TPSA) is 46.4 Å². The molecular weight excluding hydrogens is 294 g/mol. The Hall–Kier alpha value is -2.27. The summed E-state index contributed by atoms with van der Waals surface area (Å²) in [5, 5.41) is 2.95. The number of carbonyl (C=O) groups is 1. The molecule has 0 unspecified atom stereocenters. The van der Waals surface area contributed by atoms with Gasteiger partial charge in [0.05, 0.1) is 5.69 Å². The molecule has 3 rings (SSSR count). The van der Waals surface area contributed by atoms with Crippen LogP contribution in [0.3, 0.4) is 0 Å². The van der Waals surface area contributed by atoms with Crippen molar-refractivity contribution in [2.75, 3.05) is 11.6 Å². The van der Waals surface area contributed by atoms with E-state index >= 15 is 0 Å². The highest BCUT2D eigenvalue weighted by Crippen LogP contribution is 2.20. The predicted octanol–water partition coefficient (Wildman–Crippen LogP) is 3.93. The first kappa shape index (κ1) is 14.7. The number of amides is 1. The van der Waals surface area contributed by atoms with Crippen LogP contribution in [0.5, 0.6) is 0 Å². The van der Waals surface area contributed by atoms with Gasteiger partial charge in [-0.05, 0) is 56.0 Å². The first-order valence-electron chi connectivity index (χ1n) is 6.99. The second-order valence-corrected chi connectivity index (χ2v) is 6.04. The number of anilines is 1. The van der Waals surface area contributed by atoms with E-state index in [4.69, 9.17) is 0 Å². The van der Waals surface area contributed by atoms with Crippen molar-refractivity contribution in [3.63, 3.8) is 0 Å². The van der Waals surface area contributed by atoms with Gasteiger partial charge in [-0.1, -0.05) is 6.07 Å². The Kier molecular flexibility index (Phi) is 3.90. The molecule has 112 valence electrons. The second kappa shape index (κ2) is 5.85. The number of aryl methyl sites for hydroxylation is 2. The van der Waals surface area contributed by atoms with Crippen molar-refractivity contribution in [1.82, 2.24) is 9.38 Å². The van der Waals surface area contributed by atoms with Crippen LogP contribution in [0.1, 0.15) is 21.7 Å². The number of aromatic nitrogens is 2. The van der Waals surface area contributed by atoms with Crippen LogP contribution in [0.2, 0.25) is 0 Å². The molecule has 0 fully saturated rings. The fourth-order valence-corrected chi connectivity index (χ4v) is 2.89. The Morgan fingerprint density at radius 1 is 1.23 bits per heavy atom. The van der Waals surface area contributed by atoms with Crippen LogP contribution in [0.25, 0.3) is 5.65 Å². The highest BCUT2D eigenvalue weighted by atomic mass is 32.2. The van der Waals surface area contributed by atoms with E-state index in [1.54, 1.807) is 11.8 Å². The Morgan fingerprint density at radius 3 is 2.82 bits per heavy atom. The van der Waals surface area contributed by atoms with Crippen LogP contribution in [0.4, 0.5) is 5.69 Å². The summed E-state index contributed by atoms with van der Waals surface area (Å²) in [5.74, 6) is -0.146. The molecule has 0 saturated carbocycles. The normalized spacial score (nSPS) is 10.9. The van der Waals surface area contributed by atoms with E-state index in [1.807, 2.05) is 67.1 Å². The van der Waals surface area contributed by atoms with Gasteiger partial charge in [0.15, 0.2) is 0 Å². The van der Waals surface area contributed by atoms with Gasteiger partial charge in [-0.2, -0.15) is 0 Å². The van der Waals surface area contributed by atoms with Gasteiger partial charge in [0.1, 0.15) is 11.3 Å². The molecule has 5 heteroatoms. The summed E-state index contributed by atoms with van der Waals surface area (Å²) < 4.78 is 1.83. The Morgan fingerprint density at radius 2 is 2.05 bits per heavy atom. The quantitative estimate of drug-likeness (QED) is 0.746.